The van der Waals surface area contributed by atoms with Crippen LogP contribution in [0, 0.1) is 0 Å². The fourth-order valence-electron chi connectivity index (χ4n) is 6.70. The van der Waals surface area contributed by atoms with Gasteiger partial charge in [0.2, 0.25) is 0 Å². The van der Waals surface area contributed by atoms with Crippen molar-refractivity contribution >= 4 is 43.6 Å². The molecule has 3 nitrogen and oxygen atoms in total. The van der Waals surface area contributed by atoms with E-state index in [9.17, 15) is 0 Å². The van der Waals surface area contributed by atoms with Crippen molar-refractivity contribution in [3.63, 3.8) is 0 Å². The number of benzene rings is 7. The van der Waals surface area contributed by atoms with Gasteiger partial charge in [0.15, 0.2) is 0 Å². The Morgan fingerprint density at radius 3 is 1.66 bits per heavy atom. The molecule has 0 radical (unpaired) electrons. The number of aromatic nitrogens is 3. The maximum Gasteiger partial charge on any atom is 0.145 e. The highest BCUT2D eigenvalue weighted by atomic mass is 15.1. The molecule has 0 aliphatic rings. The van der Waals surface area contributed by atoms with E-state index in [1.165, 1.54) is 43.7 Å². The number of nitrogens with zero attached hydrogens (tertiary/aromatic N) is 3. The van der Waals surface area contributed by atoms with E-state index in [4.69, 9.17) is 4.98 Å². The normalized spacial score (nSPS) is 11.6. The van der Waals surface area contributed by atoms with Gasteiger partial charge in [-0.05, 0) is 76.5 Å². The van der Waals surface area contributed by atoms with Gasteiger partial charge in [-0.1, -0.05) is 109 Å². The largest absolute Gasteiger partial charge is 0.309 e. The number of imidazole rings is 1. The molecule has 0 fully saturated rings. The van der Waals surface area contributed by atoms with Gasteiger partial charge in [-0.2, -0.15) is 0 Å². The highest BCUT2D eigenvalue weighted by Gasteiger charge is 2.19. The number of para-hydroxylation sites is 2. The minimum absolute atomic E-state index is 0.941. The van der Waals surface area contributed by atoms with E-state index in [0.717, 1.165) is 33.8 Å². The topological polar surface area (TPSA) is 22.8 Å². The molecule has 3 heteroatoms. The third-order valence-electron chi connectivity index (χ3n) is 8.69. The highest BCUT2D eigenvalue weighted by Crippen LogP contribution is 2.41. The van der Waals surface area contributed by atoms with Crippen molar-refractivity contribution < 1.29 is 0 Å². The van der Waals surface area contributed by atoms with E-state index in [0.29, 0.717) is 0 Å². The lowest BCUT2D eigenvalue weighted by Crippen LogP contribution is -1.97. The molecule has 44 heavy (non-hydrogen) atoms. The molecule has 0 aliphatic heterocycles. The third-order valence-corrected chi connectivity index (χ3v) is 8.69. The molecule has 0 amide bonds. The molecule has 0 aliphatic carbocycles. The second-order valence-electron chi connectivity index (χ2n) is 11.3. The van der Waals surface area contributed by atoms with Crippen molar-refractivity contribution in [3.8, 4) is 33.9 Å². The first-order valence-electron chi connectivity index (χ1n) is 15.0. The average Bonchev–Trinajstić information content (AvgIpc) is 3.64. The Morgan fingerprint density at radius 2 is 0.977 bits per heavy atom. The minimum Gasteiger partial charge on any atom is -0.309 e. The van der Waals surface area contributed by atoms with E-state index in [2.05, 4.69) is 173 Å². The summed E-state index contributed by atoms with van der Waals surface area (Å²) in [5, 5.41) is 4.89. The van der Waals surface area contributed by atoms with Crippen LogP contribution in [0.25, 0.3) is 77.5 Å². The van der Waals surface area contributed by atoms with Crippen molar-refractivity contribution in [3.05, 3.63) is 164 Å². The molecule has 9 rings (SSSR count). The predicted molar refractivity (Wildman–Crippen MR) is 184 cm³/mol. The number of fused-ring (bicyclic) bond motifs is 6. The first-order valence-corrected chi connectivity index (χ1v) is 15.0. The predicted octanol–water partition coefficient (Wildman–Crippen LogP) is 10.6. The van der Waals surface area contributed by atoms with Crippen LogP contribution in [0.5, 0.6) is 0 Å². The van der Waals surface area contributed by atoms with Crippen LogP contribution in [0.4, 0.5) is 0 Å². The highest BCUT2D eigenvalue weighted by molar-refractivity contribution is 6.23. The van der Waals surface area contributed by atoms with Gasteiger partial charge in [0.25, 0.3) is 0 Å². The third kappa shape index (κ3) is 3.80. The Balaban J connectivity index is 1.42. The zero-order valence-corrected chi connectivity index (χ0v) is 23.9. The van der Waals surface area contributed by atoms with Crippen LogP contribution in [-0.4, -0.2) is 14.1 Å². The summed E-state index contributed by atoms with van der Waals surface area (Å²) < 4.78 is 4.70. The van der Waals surface area contributed by atoms with Crippen LogP contribution in [-0.2, 0) is 0 Å². The molecule has 9 aromatic rings. The maximum atomic E-state index is 5.22. The van der Waals surface area contributed by atoms with Crippen molar-refractivity contribution in [2.75, 3.05) is 0 Å². The lowest BCUT2D eigenvalue weighted by molar-refractivity contribution is 1.10. The molecule has 0 atom stereocenters. The van der Waals surface area contributed by atoms with Gasteiger partial charge in [0.05, 0.1) is 22.1 Å². The molecular weight excluding hydrogens is 534 g/mol. The van der Waals surface area contributed by atoms with Crippen molar-refractivity contribution in [1.82, 2.24) is 14.1 Å². The summed E-state index contributed by atoms with van der Waals surface area (Å²) in [7, 11) is 0. The molecule has 0 saturated heterocycles. The average molecular weight is 562 g/mol. The van der Waals surface area contributed by atoms with Crippen molar-refractivity contribution in [2.45, 2.75) is 0 Å². The van der Waals surface area contributed by atoms with Gasteiger partial charge in [0, 0.05) is 27.7 Å². The van der Waals surface area contributed by atoms with E-state index in [-0.39, 0.29) is 0 Å². The van der Waals surface area contributed by atoms with Gasteiger partial charge in [-0.25, -0.2) is 4.98 Å². The first-order chi connectivity index (χ1) is 21.8. The summed E-state index contributed by atoms with van der Waals surface area (Å²) in [4.78, 5) is 5.22. The van der Waals surface area contributed by atoms with E-state index < -0.39 is 0 Å². The standard InChI is InChI=1S/C41H27N3/c1-5-13-28(14-6-1)30-21-23-37-35(25-30)40-34-27-39-36(26-31(34)22-24-38(40)43(37)32-17-9-3-10-18-32)42-41(29-15-7-2-8-16-29)44(39)33-19-11-4-12-20-33/h1-27H. The summed E-state index contributed by atoms with van der Waals surface area (Å²) in [6.07, 6.45) is 0. The van der Waals surface area contributed by atoms with Crippen molar-refractivity contribution in [1.29, 1.82) is 0 Å². The lowest BCUT2D eigenvalue weighted by Gasteiger charge is -2.10. The molecule has 2 aromatic heterocycles. The Hall–Kier alpha value is -5.93. The van der Waals surface area contributed by atoms with Gasteiger partial charge in [-0.15, -0.1) is 0 Å². The lowest BCUT2D eigenvalue weighted by atomic mass is 9.99. The molecule has 0 saturated carbocycles. The van der Waals surface area contributed by atoms with Crippen LogP contribution in [0.15, 0.2) is 164 Å². The second kappa shape index (κ2) is 9.82. The summed E-state index contributed by atoms with van der Waals surface area (Å²) >= 11 is 0. The maximum absolute atomic E-state index is 5.22. The van der Waals surface area contributed by atoms with Crippen LogP contribution < -0.4 is 0 Å². The van der Waals surface area contributed by atoms with E-state index in [1.54, 1.807) is 0 Å². The summed E-state index contributed by atoms with van der Waals surface area (Å²) in [5.41, 5.74) is 10.2. The number of hydrogen-bond acceptors (Lipinski definition) is 1. The summed E-state index contributed by atoms with van der Waals surface area (Å²) in [6.45, 7) is 0. The zero-order valence-electron chi connectivity index (χ0n) is 23.9. The summed E-state index contributed by atoms with van der Waals surface area (Å²) in [5.74, 6) is 0.941. The van der Waals surface area contributed by atoms with Crippen LogP contribution in [0.1, 0.15) is 0 Å². The molecule has 0 bridgehead atoms. The van der Waals surface area contributed by atoms with E-state index in [1.807, 2.05) is 0 Å². The quantitative estimate of drug-likeness (QED) is 0.210. The summed E-state index contributed by atoms with van der Waals surface area (Å²) in [6, 6.07) is 58.4. The SMILES string of the molecule is c1ccc(-c2ccc3c(c2)c2c4cc5c(cc4ccc2n3-c2ccccc2)nc(-c2ccccc2)n5-c2ccccc2)cc1. The molecule has 0 N–H and O–H groups in total. The van der Waals surface area contributed by atoms with Gasteiger partial charge < -0.3 is 4.57 Å². The molecule has 7 aromatic carbocycles. The van der Waals surface area contributed by atoms with Crippen LogP contribution in [0.3, 0.4) is 0 Å². The van der Waals surface area contributed by atoms with Gasteiger partial charge >= 0.3 is 0 Å². The Morgan fingerprint density at radius 1 is 0.386 bits per heavy atom. The Bertz CT molecular complexity index is 2460. The number of rotatable bonds is 4. The molecule has 0 spiro atoms. The van der Waals surface area contributed by atoms with Gasteiger partial charge in [0.1, 0.15) is 5.82 Å². The van der Waals surface area contributed by atoms with E-state index >= 15 is 0 Å². The fourth-order valence-corrected chi connectivity index (χ4v) is 6.70. The second-order valence-corrected chi connectivity index (χ2v) is 11.3. The molecule has 0 unspecified atom stereocenters. The van der Waals surface area contributed by atoms with Crippen LogP contribution >= 0.6 is 0 Å². The molecular formula is C41H27N3. The molecule has 2 heterocycles. The first kappa shape index (κ1) is 24.6. The smallest absolute Gasteiger partial charge is 0.145 e. The van der Waals surface area contributed by atoms with Crippen LogP contribution in [0.2, 0.25) is 0 Å². The molecule has 206 valence electrons. The monoisotopic (exact) mass is 561 g/mol. The zero-order chi connectivity index (χ0) is 29.0. The number of hydrogen-bond donors (Lipinski definition) is 0. The minimum atomic E-state index is 0.941. The Labute approximate surface area is 254 Å². The fraction of sp³-hybridized carbons (Fsp3) is 0. The van der Waals surface area contributed by atoms with Crippen molar-refractivity contribution in [2.24, 2.45) is 0 Å². The van der Waals surface area contributed by atoms with Gasteiger partial charge in [-0.3, -0.25) is 4.57 Å². The Kier molecular flexibility index (Phi) is 5.50.